The summed E-state index contributed by atoms with van der Waals surface area (Å²) >= 11 is 0. The van der Waals surface area contributed by atoms with Crippen LogP contribution in [0.25, 0.3) is 6.08 Å². The molecule has 0 amide bonds. The summed E-state index contributed by atoms with van der Waals surface area (Å²) in [4.78, 5) is 0. The summed E-state index contributed by atoms with van der Waals surface area (Å²) in [5, 5.41) is 0. The molecule has 19 heavy (non-hydrogen) atoms. The van der Waals surface area contributed by atoms with Gasteiger partial charge in [0.05, 0.1) is 14.2 Å². The third-order valence-corrected chi connectivity index (χ3v) is 3.71. The lowest BCUT2D eigenvalue weighted by atomic mass is 9.88. The van der Waals surface area contributed by atoms with Crippen molar-refractivity contribution in [2.75, 3.05) is 14.2 Å². The van der Waals surface area contributed by atoms with Crippen molar-refractivity contribution in [1.82, 2.24) is 0 Å². The zero-order valence-corrected chi connectivity index (χ0v) is 11.6. The number of methoxy groups -OCH3 is 2. The van der Waals surface area contributed by atoms with Gasteiger partial charge in [-0.1, -0.05) is 25.3 Å². The van der Waals surface area contributed by atoms with Gasteiger partial charge in [0.2, 0.25) is 0 Å². The van der Waals surface area contributed by atoms with E-state index in [1.165, 1.54) is 6.42 Å². The van der Waals surface area contributed by atoms with Crippen LogP contribution in [0.15, 0.2) is 24.0 Å². The predicted molar refractivity (Wildman–Crippen MR) is 75.2 cm³/mol. The number of hydrogen-bond donors (Lipinski definition) is 0. The van der Waals surface area contributed by atoms with Crippen molar-refractivity contribution in [2.45, 2.75) is 32.1 Å². The van der Waals surface area contributed by atoms with Gasteiger partial charge in [0.1, 0.15) is 5.83 Å². The van der Waals surface area contributed by atoms with E-state index in [4.69, 9.17) is 9.47 Å². The Labute approximate surface area is 114 Å². The highest BCUT2D eigenvalue weighted by atomic mass is 19.1. The smallest absolute Gasteiger partial charge is 0.161 e. The molecule has 1 aliphatic carbocycles. The molecule has 1 aliphatic rings. The van der Waals surface area contributed by atoms with Crippen molar-refractivity contribution in [2.24, 2.45) is 5.92 Å². The first-order valence-corrected chi connectivity index (χ1v) is 6.83. The zero-order valence-electron chi connectivity index (χ0n) is 11.6. The van der Waals surface area contributed by atoms with Crippen LogP contribution in [-0.4, -0.2) is 14.2 Å². The molecule has 0 N–H and O–H groups in total. The Morgan fingerprint density at radius 3 is 2.42 bits per heavy atom. The Morgan fingerprint density at radius 1 is 1.11 bits per heavy atom. The number of rotatable bonds is 4. The van der Waals surface area contributed by atoms with Gasteiger partial charge in [-0.15, -0.1) is 0 Å². The second-order valence-electron chi connectivity index (χ2n) is 4.98. The molecule has 0 unspecified atom stereocenters. The highest BCUT2D eigenvalue weighted by Gasteiger charge is 2.17. The largest absolute Gasteiger partial charge is 0.493 e. The quantitative estimate of drug-likeness (QED) is 0.791. The maximum atomic E-state index is 14.2. The first-order valence-electron chi connectivity index (χ1n) is 6.83. The molecule has 0 aromatic heterocycles. The van der Waals surface area contributed by atoms with Crippen LogP contribution in [0.1, 0.15) is 37.7 Å². The summed E-state index contributed by atoms with van der Waals surface area (Å²) in [6.07, 6.45) is 7.07. The molecule has 0 saturated heterocycles. The molecule has 1 aromatic carbocycles. The summed E-state index contributed by atoms with van der Waals surface area (Å²) in [5.74, 6) is 1.39. The fourth-order valence-corrected chi connectivity index (χ4v) is 2.60. The molecule has 0 bridgehead atoms. The van der Waals surface area contributed by atoms with Crippen molar-refractivity contribution in [3.63, 3.8) is 0 Å². The fourth-order valence-electron chi connectivity index (χ4n) is 2.60. The van der Waals surface area contributed by atoms with Gasteiger partial charge in [-0.05, 0) is 36.6 Å². The maximum Gasteiger partial charge on any atom is 0.161 e. The Hall–Kier alpha value is -1.51. The summed E-state index contributed by atoms with van der Waals surface area (Å²) < 4.78 is 24.6. The van der Waals surface area contributed by atoms with Gasteiger partial charge >= 0.3 is 0 Å². The van der Waals surface area contributed by atoms with Crippen LogP contribution in [0.3, 0.4) is 0 Å². The number of ether oxygens (including phenoxy) is 2. The molecule has 0 aliphatic heterocycles. The van der Waals surface area contributed by atoms with Crippen molar-refractivity contribution in [3.8, 4) is 11.5 Å². The molecule has 3 heteroatoms. The van der Waals surface area contributed by atoms with E-state index in [0.717, 1.165) is 31.2 Å². The van der Waals surface area contributed by atoms with E-state index >= 15 is 0 Å². The van der Waals surface area contributed by atoms with E-state index in [1.807, 2.05) is 6.07 Å². The Morgan fingerprint density at radius 2 is 1.79 bits per heavy atom. The highest BCUT2D eigenvalue weighted by Crippen LogP contribution is 2.33. The zero-order chi connectivity index (χ0) is 13.7. The number of allylic oxidation sites excluding steroid dienone is 1. The van der Waals surface area contributed by atoms with Gasteiger partial charge in [-0.25, -0.2) is 4.39 Å². The summed E-state index contributed by atoms with van der Waals surface area (Å²) in [6, 6.07) is 5.46. The fraction of sp³-hybridized carbons (Fsp3) is 0.500. The molecule has 1 saturated carbocycles. The monoisotopic (exact) mass is 264 g/mol. The molecular weight excluding hydrogens is 243 g/mol. The van der Waals surface area contributed by atoms with Crippen LogP contribution in [0.4, 0.5) is 4.39 Å². The lowest BCUT2D eigenvalue weighted by Crippen LogP contribution is -2.06. The van der Waals surface area contributed by atoms with Gasteiger partial charge in [0.25, 0.3) is 0 Å². The third-order valence-electron chi connectivity index (χ3n) is 3.71. The second-order valence-corrected chi connectivity index (χ2v) is 4.98. The molecule has 1 fully saturated rings. The van der Waals surface area contributed by atoms with Crippen LogP contribution in [-0.2, 0) is 0 Å². The molecule has 104 valence electrons. The van der Waals surface area contributed by atoms with Gasteiger partial charge in [0, 0.05) is 5.92 Å². The average Bonchev–Trinajstić information content (AvgIpc) is 2.48. The minimum atomic E-state index is -0.00748. The van der Waals surface area contributed by atoms with Crippen LogP contribution in [0, 0.1) is 5.92 Å². The molecule has 0 spiro atoms. The lowest BCUT2D eigenvalue weighted by molar-refractivity contribution is 0.350. The topological polar surface area (TPSA) is 18.5 Å². The van der Waals surface area contributed by atoms with Gasteiger partial charge in [-0.3, -0.25) is 0 Å². The molecule has 2 rings (SSSR count). The summed E-state index contributed by atoms with van der Waals surface area (Å²) in [6.45, 7) is 0. The third kappa shape index (κ3) is 3.49. The molecule has 2 nitrogen and oxygen atoms in total. The second kappa shape index (κ2) is 6.60. The van der Waals surface area contributed by atoms with E-state index in [-0.39, 0.29) is 11.7 Å². The highest BCUT2D eigenvalue weighted by molar-refractivity contribution is 5.57. The Kier molecular flexibility index (Phi) is 4.83. The number of hydrogen-bond acceptors (Lipinski definition) is 2. The first-order chi connectivity index (χ1) is 9.24. The standard InChI is InChI=1S/C16H21FO2/c1-18-15-9-8-12(11-16(15)19-2)10-14(17)13-6-4-3-5-7-13/h8-11,13H,3-7H2,1-2H3. The first kappa shape index (κ1) is 13.9. The Balaban J connectivity index is 2.16. The van der Waals surface area contributed by atoms with Crippen molar-refractivity contribution in [3.05, 3.63) is 29.6 Å². The number of halogens is 1. The van der Waals surface area contributed by atoms with E-state index in [0.29, 0.717) is 11.5 Å². The van der Waals surface area contributed by atoms with Crippen molar-refractivity contribution in [1.29, 1.82) is 0 Å². The van der Waals surface area contributed by atoms with Crippen LogP contribution >= 0.6 is 0 Å². The molecule has 0 heterocycles. The molecule has 0 atom stereocenters. The maximum absolute atomic E-state index is 14.2. The van der Waals surface area contributed by atoms with Crippen LogP contribution in [0.5, 0.6) is 11.5 Å². The minimum Gasteiger partial charge on any atom is -0.493 e. The van der Waals surface area contributed by atoms with Crippen LogP contribution < -0.4 is 9.47 Å². The van der Waals surface area contributed by atoms with E-state index in [2.05, 4.69) is 0 Å². The molecule has 0 radical (unpaired) electrons. The normalized spacial score (nSPS) is 17.3. The van der Waals surface area contributed by atoms with Crippen LogP contribution in [0.2, 0.25) is 0 Å². The van der Waals surface area contributed by atoms with Crippen molar-refractivity contribution < 1.29 is 13.9 Å². The SMILES string of the molecule is COc1ccc(C=C(F)C2CCCCC2)cc1OC. The minimum absolute atomic E-state index is 0.00748. The number of benzene rings is 1. The van der Waals surface area contributed by atoms with E-state index in [9.17, 15) is 4.39 Å². The van der Waals surface area contributed by atoms with E-state index in [1.54, 1.807) is 32.4 Å². The summed E-state index contributed by atoms with van der Waals surface area (Å²) in [7, 11) is 3.18. The Bertz CT molecular complexity index is 448. The van der Waals surface area contributed by atoms with Crippen molar-refractivity contribution >= 4 is 6.08 Å². The summed E-state index contributed by atoms with van der Waals surface area (Å²) in [5.41, 5.74) is 0.820. The molecule has 1 aromatic rings. The van der Waals surface area contributed by atoms with Gasteiger partial charge < -0.3 is 9.47 Å². The molecular formula is C16H21FO2. The predicted octanol–water partition coefficient (Wildman–Crippen LogP) is 4.59. The average molecular weight is 264 g/mol. The van der Waals surface area contributed by atoms with Gasteiger partial charge in [0.15, 0.2) is 11.5 Å². The lowest BCUT2D eigenvalue weighted by Gasteiger charge is -2.19. The van der Waals surface area contributed by atoms with E-state index < -0.39 is 0 Å². The van der Waals surface area contributed by atoms with Gasteiger partial charge in [-0.2, -0.15) is 0 Å².